The first-order valence-electron chi connectivity index (χ1n) is 5.18. The van der Waals surface area contributed by atoms with Gasteiger partial charge in [0.25, 0.3) is 0 Å². The number of halogens is 1. The van der Waals surface area contributed by atoms with Crippen LogP contribution >= 0.6 is 0 Å². The third-order valence-electron chi connectivity index (χ3n) is 2.56. The van der Waals surface area contributed by atoms with Crippen molar-refractivity contribution in [3.8, 4) is 5.75 Å². The molecule has 1 atom stereocenters. The molecule has 0 amide bonds. The largest absolute Gasteiger partial charge is 0.496 e. The van der Waals surface area contributed by atoms with E-state index in [0.717, 1.165) is 0 Å². The van der Waals surface area contributed by atoms with Crippen LogP contribution in [0.4, 0.5) is 4.39 Å². The maximum absolute atomic E-state index is 13.1. The van der Waals surface area contributed by atoms with Gasteiger partial charge in [-0.05, 0) is 38.0 Å². The van der Waals surface area contributed by atoms with Crippen molar-refractivity contribution in [1.82, 2.24) is 0 Å². The van der Waals surface area contributed by atoms with E-state index >= 15 is 0 Å². The second kappa shape index (κ2) is 5.27. The van der Waals surface area contributed by atoms with Crippen molar-refractivity contribution in [3.63, 3.8) is 0 Å². The number of methoxy groups -OCH3 is 1. The van der Waals surface area contributed by atoms with Crippen molar-refractivity contribution in [2.45, 2.75) is 25.4 Å². The van der Waals surface area contributed by atoms with Crippen LogP contribution in [0, 0.1) is 5.82 Å². The van der Waals surface area contributed by atoms with Gasteiger partial charge in [0.2, 0.25) is 0 Å². The Bertz CT molecular complexity index is 350. The van der Waals surface area contributed by atoms with E-state index < -0.39 is 11.4 Å². The molecule has 1 aromatic carbocycles. The van der Waals surface area contributed by atoms with Crippen molar-refractivity contribution in [2.75, 3.05) is 13.7 Å². The summed E-state index contributed by atoms with van der Waals surface area (Å²) in [4.78, 5) is 0. The number of rotatable bonds is 5. The molecule has 90 valence electrons. The van der Waals surface area contributed by atoms with Crippen molar-refractivity contribution in [3.05, 3.63) is 29.6 Å². The van der Waals surface area contributed by atoms with Crippen LogP contribution in [0.1, 0.15) is 25.3 Å². The topological polar surface area (TPSA) is 49.7 Å². The molecule has 0 aliphatic rings. The van der Waals surface area contributed by atoms with E-state index in [4.69, 9.17) is 9.84 Å². The zero-order valence-corrected chi connectivity index (χ0v) is 9.53. The minimum Gasteiger partial charge on any atom is -0.496 e. The van der Waals surface area contributed by atoms with E-state index in [0.29, 0.717) is 24.2 Å². The van der Waals surface area contributed by atoms with Gasteiger partial charge in [0, 0.05) is 12.2 Å². The molecule has 0 saturated carbocycles. The second-order valence-corrected chi connectivity index (χ2v) is 3.95. The highest BCUT2D eigenvalue weighted by molar-refractivity contribution is 5.38. The summed E-state index contributed by atoms with van der Waals surface area (Å²) in [6, 6.07) is 4.03. The Morgan fingerprint density at radius 1 is 1.44 bits per heavy atom. The molecule has 0 radical (unpaired) electrons. The molecule has 0 bridgehead atoms. The fraction of sp³-hybridized carbons (Fsp3) is 0.500. The zero-order valence-electron chi connectivity index (χ0n) is 9.53. The molecule has 1 rings (SSSR count). The Kier molecular flexibility index (Phi) is 4.26. The fourth-order valence-electron chi connectivity index (χ4n) is 1.66. The molecule has 1 aromatic rings. The zero-order chi connectivity index (χ0) is 12.2. The van der Waals surface area contributed by atoms with E-state index in [1.807, 2.05) is 0 Å². The Labute approximate surface area is 94.5 Å². The Hall–Kier alpha value is -1.13. The summed E-state index contributed by atoms with van der Waals surface area (Å²) in [6.07, 6.45) is 0.802. The van der Waals surface area contributed by atoms with Crippen LogP contribution in [0.25, 0.3) is 0 Å². The number of aliphatic hydroxyl groups excluding tert-OH is 1. The molecule has 2 N–H and O–H groups in total. The lowest BCUT2D eigenvalue weighted by molar-refractivity contribution is 0.0377. The third-order valence-corrected chi connectivity index (χ3v) is 2.56. The number of benzene rings is 1. The normalized spacial score (nSPS) is 14.6. The van der Waals surface area contributed by atoms with Gasteiger partial charge in [-0.3, -0.25) is 0 Å². The highest BCUT2D eigenvalue weighted by atomic mass is 19.1. The molecule has 1 unspecified atom stereocenters. The van der Waals surface area contributed by atoms with Crippen molar-refractivity contribution < 1.29 is 19.3 Å². The average Bonchev–Trinajstić information content (AvgIpc) is 2.26. The number of hydrogen-bond donors (Lipinski definition) is 2. The molecule has 16 heavy (non-hydrogen) atoms. The first-order valence-corrected chi connectivity index (χ1v) is 5.18. The van der Waals surface area contributed by atoms with Gasteiger partial charge in [-0.2, -0.15) is 0 Å². The SMILES string of the molecule is COc1ccc(F)cc1C(C)(O)CCCO. The minimum absolute atomic E-state index is 0.00617. The van der Waals surface area contributed by atoms with Gasteiger partial charge in [-0.15, -0.1) is 0 Å². The van der Waals surface area contributed by atoms with E-state index in [9.17, 15) is 9.50 Å². The predicted molar refractivity (Wildman–Crippen MR) is 58.8 cm³/mol. The molecule has 4 heteroatoms. The van der Waals surface area contributed by atoms with Crippen LogP contribution < -0.4 is 4.74 Å². The lowest BCUT2D eigenvalue weighted by Gasteiger charge is -2.25. The molecular weight excluding hydrogens is 211 g/mol. The van der Waals surface area contributed by atoms with Crippen LogP contribution in [0.15, 0.2) is 18.2 Å². The van der Waals surface area contributed by atoms with Crippen LogP contribution in [0.5, 0.6) is 5.75 Å². The van der Waals surface area contributed by atoms with Crippen molar-refractivity contribution >= 4 is 0 Å². The molecule has 0 saturated heterocycles. The fourth-order valence-corrected chi connectivity index (χ4v) is 1.66. The maximum atomic E-state index is 13.1. The molecule has 0 heterocycles. The van der Waals surface area contributed by atoms with E-state index in [-0.39, 0.29) is 6.61 Å². The van der Waals surface area contributed by atoms with Gasteiger partial charge in [0.1, 0.15) is 11.6 Å². The first kappa shape index (κ1) is 12.9. The molecule has 3 nitrogen and oxygen atoms in total. The number of hydrogen-bond acceptors (Lipinski definition) is 3. The van der Waals surface area contributed by atoms with E-state index in [2.05, 4.69) is 0 Å². The van der Waals surface area contributed by atoms with Crippen molar-refractivity contribution in [1.29, 1.82) is 0 Å². The summed E-state index contributed by atoms with van der Waals surface area (Å²) in [6.45, 7) is 1.58. The molecule has 0 fully saturated rings. The van der Waals surface area contributed by atoms with Gasteiger partial charge in [0.15, 0.2) is 0 Å². The van der Waals surface area contributed by atoms with Gasteiger partial charge in [-0.25, -0.2) is 4.39 Å². The first-order chi connectivity index (χ1) is 7.51. The number of ether oxygens (including phenoxy) is 1. The summed E-state index contributed by atoms with van der Waals surface area (Å²) < 4.78 is 18.2. The van der Waals surface area contributed by atoms with Gasteiger partial charge in [-0.1, -0.05) is 0 Å². The van der Waals surface area contributed by atoms with Gasteiger partial charge in [0.05, 0.1) is 12.7 Å². The summed E-state index contributed by atoms with van der Waals surface area (Å²) >= 11 is 0. The van der Waals surface area contributed by atoms with Crippen LogP contribution in [-0.4, -0.2) is 23.9 Å². The lowest BCUT2D eigenvalue weighted by Crippen LogP contribution is -2.22. The van der Waals surface area contributed by atoms with Crippen LogP contribution in [0.3, 0.4) is 0 Å². The summed E-state index contributed by atoms with van der Waals surface area (Å²) in [5.74, 6) is 0.0319. The Morgan fingerprint density at radius 3 is 2.69 bits per heavy atom. The summed E-state index contributed by atoms with van der Waals surface area (Å²) in [5, 5.41) is 18.9. The standard InChI is InChI=1S/C12H17FO3/c1-12(15,6-3-7-14)10-8-9(13)4-5-11(10)16-2/h4-5,8,14-15H,3,6-7H2,1-2H3. The minimum atomic E-state index is -1.20. The molecule has 0 aliphatic heterocycles. The highest BCUT2D eigenvalue weighted by Crippen LogP contribution is 2.33. The van der Waals surface area contributed by atoms with Crippen molar-refractivity contribution in [2.24, 2.45) is 0 Å². The smallest absolute Gasteiger partial charge is 0.125 e. The lowest BCUT2D eigenvalue weighted by atomic mass is 9.90. The quantitative estimate of drug-likeness (QED) is 0.808. The third kappa shape index (κ3) is 2.93. The Balaban J connectivity index is 3.04. The maximum Gasteiger partial charge on any atom is 0.125 e. The summed E-state index contributed by atoms with van der Waals surface area (Å²) in [5.41, 5.74) is -0.792. The van der Waals surface area contributed by atoms with Crippen LogP contribution in [0.2, 0.25) is 0 Å². The van der Waals surface area contributed by atoms with E-state index in [1.54, 1.807) is 6.92 Å². The highest BCUT2D eigenvalue weighted by Gasteiger charge is 2.26. The molecular formula is C12H17FO3. The second-order valence-electron chi connectivity index (χ2n) is 3.95. The average molecular weight is 228 g/mol. The molecule has 0 aromatic heterocycles. The summed E-state index contributed by atoms with van der Waals surface area (Å²) in [7, 11) is 1.47. The van der Waals surface area contributed by atoms with Crippen LogP contribution in [-0.2, 0) is 5.60 Å². The molecule has 0 spiro atoms. The van der Waals surface area contributed by atoms with Gasteiger partial charge < -0.3 is 14.9 Å². The molecule has 0 aliphatic carbocycles. The monoisotopic (exact) mass is 228 g/mol. The van der Waals surface area contributed by atoms with E-state index in [1.165, 1.54) is 25.3 Å². The number of aliphatic hydroxyl groups is 2. The predicted octanol–water partition coefficient (Wildman–Crippen LogP) is 1.81. The Morgan fingerprint density at radius 2 is 2.12 bits per heavy atom. The van der Waals surface area contributed by atoms with Gasteiger partial charge >= 0.3 is 0 Å².